The number of hydrogen-bond acceptors (Lipinski definition) is 4. The van der Waals surface area contributed by atoms with Gasteiger partial charge >= 0.3 is 0 Å². The van der Waals surface area contributed by atoms with Crippen molar-refractivity contribution in [3.63, 3.8) is 0 Å². The first-order valence-corrected chi connectivity index (χ1v) is 7.43. The van der Waals surface area contributed by atoms with Crippen molar-refractivity contribution in [2.24, 2.45) is 0 Å². The summed E-state index contributed by atoms with van der Waals surface area (Å²) in [6, 6.07) is 5.58. The van der Waals surface area contributed by atoms with Gasteiger partial charge < -0.3 is 10.1 Å². The van der Waals surface area contributed by atoms with E-state index >= 15 is 0 Å². The Balaban J connectivity index is 2.43. The van der Waals surface area contributed by atoms with Crippen LogP contribution < -0.4 is 10.1 Å². The van der Waals surface area contributed by atoms with E-state index in [-0.39, 0.29) is 5.92 Å². The molecule has 1 aromatic carbocycles. The summed E-state index contributed by atoms with van der Waals surface area (Å²) in [5, 5.41) is 3.89. The minimum atomic E-state index is 0.245. The molecule has 2 aromatic rings. The van der Waals surface area contributed by atoms with E-state index in [1.807, 2.05) is 26.0 Å². The van der Waals surface area contributed by atoms with Gasteiger partial charge in [0.2, 0.25) is 5.88 Å². The summed E-state index contributed by atoms with van der Waals surface area (Å²) >= 11 is 6.04. The van der Waals surface area contributed by atoms with Crippen LogP contribution in [0.1, 0.15) is 37.8 Å². The van der Waals surface area contributed by atoms with Crippen LogP contribution in [0, 0.1) is 6.92 Å². The molecule has 2 rings (SSSR count). The molecule has 1 heterocycles. The molecular weight excluding hydrogens is 286 g/mol. The van der Waals surface area contributed by atoms with Gasteiger partial charge in [-0.05, 0) is 37.5 Å². The molecule has 0 radical (unpaired) electrons. The minimum absolute atomic E-state index is 0.245. The van der Waals surface area contributed by atoms with Crippen LogP contribution in [-0.2, 0) is 0 Å². The molecule has 0 atom stereocenters. The summed E-state index contributed by atoms with van der Waals surface area (Å²) in [4.78, 5) is 8.60. The van der Waals surface area contributed by atoms with E-state index in [1.54, 1.807) is 6.07 Å². The van der Waals surface area contributed by atoms with E-state index < -0.39 is 0 Å². The maximum Gasteiger partial charge on any atom is 0.227 e. The summed E-state index contributed by atoms with van der Waals surface area (Å²) in [5.74, 6) is 2.35. The molecule has 0 saturated heterocycles. The molecule has 21 heavy (non-hydrogen) atoms. The average molecular weight is 306 g/mol. The maximum absolute atomic E-state index is 6.04. The predicted octanol–water partition coefficient (Wildman–Crippen LogP) is 4.79. The van der Waals surface area contributed by atoms with Crippen LogP contribution in [0.15, 0.2) is 24.5 Å². The highest BCUT2D eigenvalue weighted by molar-refractivity contribution is 6.30. The number of anilines is 1. The Morgan fingerprint density at radius 1 is 1.29 bits per heavy atom. The number of halogens is 1. The van der Waals surface area contributed by atoms with Crippen molar-refractivity contribution in [3.05, 3.63) is 40.7 Å². The van der Waals surface area contributed by atoms with E-state index in [0.29, 0.717) is 16.7 Å². The van der Waals surface area contributed by atoms with Gasteiger partial charge in [-0.2, -0.15) is 0 Å². The fraction of sp³-hybridized carbons (Fsp3) is 0.375. The molecule has 112 valence electrons. The highest BCUT2D eigenvalue weighted by Crippen LogP contribution is 2.34. The van der Waals surface area contributed by atoms with Crippen molar-refractivity contribution < 1.29 is 4.74 Å². The van der Waals surface area contributed by atoms with E-state index in [0.717, 1.165) is 23.5 Å². The molecule has 4 nitrogen and oxygen atoms in total. The van der Waals surface area contributed by atoms with Crippen LogP contribution in [0.4, 0.5) is 5.82 Å². The van der Waals surface area contributed by atoms with E-state index in [1.165, 1.54) is 6.33 Å². The number of nitrogens with zero attached hydrogens (tertiary/aromatic N) is 2. The predicted molar refractivity (Wildman–Crippen MR) is 86.5 cm³/mol. The van der Waals surface area contributed by atoms with Crippen LogP contribution in [0.2, 0.25) is 5.02 Å². The fourth-order valence-electron chi connectivity index (χ4n) is 2.08. The Hall–Kier alpha value is -1.81. The number of rotatable bonds is 5. The smallest absolute Gasteiger partial charge is 0.227 e. The van der Waals surface area contributed by atoms with E-state index in [9.17, 15) is 0 Å². The summed E-state index contributed by atoms with van der Waals surface area (Å²) in [6.45, 7) is 9.00. The molecule has 0 saturated carbocycles. The van der Waals surface area contributed by atoms with Gasteiger partial charge in [0, 0.05) is 11.6 Å². The topological polar surface area (TPSA) is 47.0 Å². The van der Waals surface area contributed by atoms with Crippen molar-refractivity contribution in [1.82, 2.24) is 9.97 Å². The Morgan fingerprint density at radius 3 is 2.71 bits per heavy atom. The molecule has 0 bridgehead atoms. The van der Waals surface area contributed by atoms with Crippen LogP contribution in [0.5, 0.6) is 11.6 Å². The maximum atomic E-state index is 6.04. The normalized spacial score (nSPS) is 10.8. The van der Waals surface area contributed by atoms with Crippen molar-refractivity contribution in [1.29, 1.82) is 0 Å². The molecule has 0 aliphatic rings. The van der Waals surface area contributed by atoms with Crippen molar-refractivity contribution in [2.45, 2.75) is 33.6 Å². The monoisotopic (exact) mass is 305 g/mol. The average Bonchev–Trinajstić information content (AvgIpc) is 2.43. The largest absolute Gasteiger partial charge is 0.438 e. The molecule has 5 heteroatoms. The van der Waals surface area contributed by atoms with Gasteiger partial charge in [-0.3, -0.25) is 0 Å². The number of nitrogens with one attached hydrogen (secondary N) is 1. The van der Waals surface area contributed by atoms with Gasteiger partial charge in [-0.25, -0.2) is 9.97 Å². The second-order valence-electron chi connectivity index (χ2n) is 5.14. The lowest BCUT2D eigenvalue weighted by molar-refractivity contribution is 0.448. The SMILES string of the molecule is CCNc1ncnc(Oc2cc(Cl)ccc2C)c1C(C)C. The number of ether oxygens (including phenoxy) is 1. The Labute approximate surface area is 130 Å². The first-order chi connectivity index (χ1) is 10.0. The highest BCUT2D eigenvalue weighted by atomic mass is 35.5. The van der Waals surface area contributed by atoms with Crippen molar-refractivity contribution >= 4 is 17.4 Å². The third kappa shape index (κ3) is 3.64. The molecule has 0 aliphatic carbocycles. The quantitative estimate of drug-likeness (QED) is 0.863. The number of aryl methyl sites for hydroxylation is 1. The van der Waals surface area contributed by atoms with Gasteiger partial charge in [-0.1, -0.05) is 31.5 Å². The zero-order valence-electron chi connectivity index (χ0n) is 12.8. The van der Waals surface area contributed by atoms with Gasteiger partial charge in [-0.15, -0.1) is 0 Å². The zero-order chi connectivity index (χ0) is 15.4. The molecule has 0 amide bonds. The summed E-state index contributed by atoms with van der Waals surface area (Å²) in [6.07, 6.45) is 1.51. The van der Waals surface area contributed by atoms with Crippen LogP contribution >= 0.6 is 11.6 Å². The number of hydrogen-bond donors (Lipinski definition) is 1. The van der Waals surface area contributed by atoms with E-state index in [4.69, 9.17) is 16.3 Å². The van der Waals surface area contributed by atoms with Crippen molar-refractivity contribution in [2.75, 3.05) is 11.9 Å². The van der Waals surface area contributed by atoms with Crippen molar-refractivity contribution in [3.8, 4) is 11.6 Å². The summed E-state index contributed by atoms with van der Waals surface area (Å²) in [5.41, 5.74) is 1.98. The zero-order valence-corrected chi connectivity index (χ0v) is 13.5. The van der Waals surface area contributed by atoms with Gasteiger partial charge in [0.1, 0.15) is 17.9 Å². The summed E-state index contributed by atoms with van der Waals surface area (Å²) < 4.78 is 5.99. The molecule has 0 aliphatic heterocycles. The minimum Gasteiger partial charge on any atom is -0.438 e. The second-order valence-corrected chi connectivity index (χ2v) is 5.57. The van der Waals surface area contributed by atoms with Crippen LogP contribution in [0.25, 0.3) is 0 Å². The lowest BCUT2D eigenvalue weighted by atomic mass is 10.1. The second kappa shape index (κ2) is 6.76. The lowest BCUT2D eigenvalue weighted by Gasteiger charge is -2.17. The molecule has 0 spiro atoms. The van der Waals surface area contributed by atoms with Crippen LogP contribution in [0.3, 0.4) is 0 Å². The Morgan fingerprint density at radius 2 is 2.05 bits per heavy atom. The van der Waals surface area contributed by atoms with Gasteiger partial charge in [0.15, 0.2) is 0 Å². The third-order valence-electron chi connectivity index (χ3n) is 3.13. The van der Waals surface area contributed by atoms with Gasteiger partial charge in [0.25, 0.3) is 0 Å². The highest BCUT2D eigenvalue weighted by Gasteiger charge is 2.17. The molecule has 1 aromatic heterocycles. The molecule has 0 fully saturated rings. The first-order valence-electron chi connectivity index (χ1n) is 7.05. The Bertz CT molecular complexity index is 629. The first kappa shape index (κ1) is 15.6. The lowest BCUT2D eigenvalue weighted by Crippen LogP contribution is -2.07. The van der Waals surface area contributed by atoms with E-state index in [2.05, 4.69) is 29.1 Å². The Kier molecular flexibility index (Phi) is 5.02. The molecule has 1 N–H and O–H groups in total. The summed E-state index contributed by atoms with van der Waals surface area (Å²) in [7, 11) is 0. The molecular formula is C16H20ClN3O. The van der Waals surface area contributed by atoms with Gasteiger partial charge in [0.05, 0.1) is 5.56 Å². The number of aromatic nitrogens is 2. The molecule has 0 unspecified atom stereocenters. The number of benzene rings is 1. The third-order valence-corrected chi connectivity index (χ3v) is 3.36. The van der Waals surface area contributed by atoms with Crippen LogP contribution in [-0.4, -0.2) is 16.5 Å². The standard InChI is InChI=1S/C16H20ClN3O/c1-5-18-15-14(10(2)3)16(20-9-19-15)21-13-8-12(17)7-6-11(13)4/h6-10H,5H2,1-4H3,(H,18,19,20). The fourth-order valence-corrected chi connectivity index (χ4v) is 2.24.